The highest BCUT2D eigenvalue weighted by atomic mass is 16.5. The van der Waals surface area contributed by atoms with Crippen LogP contribution in [0.1, 0.15) is 240 Å². The number of rotatable bonds is 8. The van der Waals surface area contributed by atoms with E-state index in [-0.39, 0.29) is 94.8 Å². The summed E-state index contributed by atoms with van der Waals surface area (Å²) in [5.41, 5.74) is 20.4. The molecule has 17 rings (SSSR count). The number of aromatic hydroxyl groups is 4. The van der Waals surface area contributed by atoms with Crippen molar-refractivity contribution >= 4 is 0 Å². The molecule has 4 N–H and O–H groups in total. The van der Waals surface area contributed by atoms with Crippen LogP contribution >= 0.6 is 0 Å². The van der Waals surface area contributed by atoms with Crippen LogP contribution in [0.4, 0.5) is 0 Å². The van der Waals surface area contributed by atoms with Gasteiger partial charge in [-0.1, -0.05) is 152 Å². The summed E-state index contributed by atoms with van der Waals surface area (Å²) in [5.74, 6) is 3.42. The molecule has 5 aliphatic carbocycles. The summed E-state index contributed by atoms with van der Waals surface area (Å²) in [6.07, 6.45) is 7.77. The van der Waals surface area contributed by atoms with Gasteiger partial charge >= 0.3 is 0 Å². The van der Waals surface area contributed by atoms with E-state index in [2.05, 4.69) is 177 Å². The van der Waals surface area contributed by atoms with Crippen LogP contribution in [0.2, 0.25) is 0 Å². The molecule has 0 aromatic heterocycles. The molecule has 8 aromatic rings. The zero-order valence-corrected chi connectivity index (χ0v) is 54.7. The number of ether oxygens (including phenoxy) is 4. The quantitative estimate of drug-likeness (QED) is 0.119. The summed E-state index contributed by atoms with van der Waals surface area (Å²) < 4.78 is 30.6. The van der Waals surface area contributed by atoms with Crippen LogP contribution in [0.25, 0.3) is 0 Å². The molecule has 92 heavy (non-hydrogen) atoms. The molecule has 0 fully saturated rings. The topological polar surface area (TPSA) is 118 Å². The molecule has 0 unspecified atom stereocenters. The summed E-state index contributed by atoms with van der Waals surface area (Å²) in [6.45, 7) is 18.3. The number of hydrogen-bond donors (Lipinski definition) is 4. The average molecular weight is 1230 g/mol. The third kappa shape index (κ3) is 9.08. The van der Waals surface area contributed by atoms with Crippen molar-refractivity contribution in [2.45, 2.75) is 181 Å². The lowest BCUT2D eigenvalue weighted by Crippen LogP contribution is -2.27. The second kappa shape index (κ2) is 21.9. The van der Waals surface area contributed by atoms with Gasteiger partial charge in [0.15, 0.2) is 0 Å². The minimum atomic E-state index is -0.403. The molecule has 0 amide bonds. The minimum Gasteiger partial charge on any atom is -0.507 e. The van der Waals surface area contributed by atoms with Crippen LogP contribution < -0.4 is 18.9 Å². The van der Waals surface area contributed by atoms with Crippen molar-refractivity contribution in [1.82, 2.24) is 0 Å². The van der Waals surface area contributed by atoms with Crippen LogP contribution in [0.5, 0.6) is 46.0 Å². The Balaban J connectivity index is 0.996. The van der Waals surface area contributed by atoms with Crippen LogP contribution in [-0.2, 0) is 51.4 Å². The first-order chi connectivity index (χ1) is 44.5. The summed E-state index contributed by atoms with van der Waals surface area (Å²) >= 11 is 0. The number of phenolic OH excluding ortho intramolecular Hbond substituents is 4. The van der Waals surface area contributed by atoms with E-state index in [1.165, 1.54) is 44.5 Å². The molecule has 8 nitrogen and oxygen atoms in total. The van der Waals surface area contributed by atoms with Crippen LogP contribution in [0.3, 0.4) is 0 Å². The van der Waals surface area contributed by atoms with Crippen molar-refractivity contribution in [2.24, 2.45) is 47.3 Å². The van der Waals surface area contributed by atoms with Gasteiger partial charge in [-0.3, -0.25) is 0 Å². The Morgan fingerprint density at radius 1 is 0.283 bits per heavy atom. The molecule has 0 spiro atoms. The summed E-state index contributed by atoms with van der Waals surface area (Å²) in [6, 6.07) is 44.0. The standard InChI is InChI=1S/C84H88O8/c1-41(2)25-57-61-37-66(82-69(73(61)85)33-49-29-46-18-10-14-22-54(46)78(49)90-82)59(27-43(5)6)63-39-68(84-71(75(63)87)35-51-31-48-20-12-16-24-56(48)80(51)92-84)60(28-44(7)8)64-40-67(83-72(76(64)88)36-52-32-47-19-11-15-23-55(47)79(52)91-83)58(26-42(3)4)62-38-65(57)81-70(74(62)86)34-50-30-45-17-9-13-21-53(45)77(50)89-81/h9-24,37-44,49-52,57-60,77-80,85-88H,25-36H2,1-8H3/t49-,50-,51-,52-,57-,58-,59-,60-,77+,78+,79+,80+/m1/s1. The second-order valence-electron chi connectivity index (χ2n) is 31.2. The van der Waals surface area contributed by atoms with E-state index in [1.54, 1.807) is 0 Å². The molecular weight excluding hydrogens is 1140 g/mol. The molecule has 0 saturated heterocycles. The van der Waals surface area contributed by atoms with Gasteiger partial charge in [0.1, 0.15) is 70.4 Å². The number of fused-ring (bicyclic) bond motifs is 28. The Labute approximate surface area is 543 Å². The fourth-order valence-electron chi connectivity index (χ4n) is 19.5. The van der Waals surface area contributed by atoms with Crippen molar-refractivity contribution in [3.8, 4) is 46.0 Å². The van der Waals surface area contributed by atoms with E-state index in [4.69, 9.17) is 18.9 Å². The predicted molar refractivity (Wildman–Crippen MR) is 360 cm³/mol. The molecule has 4 heterocycles. The maximum Gasteiger partial charge on any atom is 0.130 e. The van der Waals surface area contributed by atoms with Gasteiger partial charge in [0.25, 0.3) is 0 Å². The first kappa shape index (κ1) is 58.0. The SMILES string of the molecule is CC(C)C[C@@H]1c2cc(c3c(c2O)C[C@H]2Cc4ccccc4[C@H]2O3)[C@H](CC(C)C)c2cc(c3c(c2O)C[C@H]2Cc4ccccc4[C@H]2O3)[C@H](CC(C)C)c2cc(c3c(c2O)C[C@H]2Cc4ccccc4[C@H]2O3)[C@H](CC(C)C)c2cc1c1c(c2O)C[C@H]2Cc3ccccc3[C@H]2O1. The lowest BCUT2D eigenvalue weighted by molar-refractivity contribution is 0.123. The van der Waals surface area contributed by atoms with Crippen LogP contribution in [0, 0.1) is 47.3 Å². The van der Waals surface area contributed by atoms with E-state index < -0.39 is 23.7 Å². The monoisotopic (exact) mass is 1220 g/mol. The highest BCUT2D eigenvalue weighted by Crippen LogP contribution is 2.63. The molecule has 8 heteroatoms. The second-order valence-corrected chi connectivity index (χ2v) is 31.2. The number of phenols is 4. The Hall–Kier alpha value is -7.84. The van der Waals surface area contributed by atoms with Crippen LogP contribution in [-0.4, -0.2) is 20.4 Å². The van der Waals surface area contributed by atoms with E-state index in [9.17, 15) is 20.4 Å². The maximum absolute atomic E-state index is 13.9. The van der Waals surface area contributed by atoms with Gasteiger partial charge in [-0.15, -0.1) is 0 Å². The normalized spacial score (nSPS) is 26.1. The van der Waals surface area contributed by atoms with E-state index in [0.29, 0.717) is 51.4 Å². The van der Waals surface area contributed by atoms with Gasteiger partial charge in [-0.05, 0) is 169 Å². The van der Waals surface area contributed by atoms with Gasteiger partial charge in [-0.2, -0.15) is 0 Å². The average Bonchev–Trinajstić information content (AvgIpc) is 1.23. The van der Waals surface area contributed by atoms with Gasteiger partial charge in [0.05, 0.1) is 0 Å². The Kier molecular flexibility index (Phi) is 13.8. The Bertz CT molecular complexity index is 3770. The van der Waals surface area contributed by atoms with Gasteiger partial charge in [0.2, 0.25) is 0 Å². The van der Waals surface area contributed by atoms with Gasteiger partial charge in [-0.25, -0.2) is 0 Å². The highest BCUT2D eigenvalue weighted by Gasteiger charge is 2.49. The zero-order valence-electron chi connectivity index (χ0n) is 54.7. The van der Waals surface area contributed by atoms with Crippen molar-refractivity contribution in [2.75, 3.05) is 0 Å². The molecule has 0 radical (unpaired) electrons. The molecule has 8 bridgehead atoms. The van der Waals surface area contributed by atoms with Crippen LogP contribution in [0.15, 0.2) is 121 Å². The third-order valence-corrected chi connectivity index (χ3v) is 23.4. The van der Waals surface area contributed by atoms with Crippen molar-refractivity contribution in [3.05, 3.63) is 233 Å². The first-order valence-corrected chi connectivity index (χ1v) is 35.0. The molecular formula is C84H88O8. The fourth-order valence-corrected chi connectivity index (χ4v) is 19.5. The fraction of sp³-hybridized carbons (Fsp3) is 0.429. The number of benzene rings is 8. The summed E-state index contributed by atoms with van der Waals surface area (Å²) in [7, 11) is 0. The smallest absolute Gasteiger partial charge is 0.130 e. The molecule has 9 aliphatic rings. The van der Waals surface area contributed by atoms with E-state index >= 15 is 0 Å². The largest absolute Gasteiger partial charge is 0.507 e. The predicted octanol–water partition coefficient (Wildman–Crippen LogP) is 18.9. The maximum atomic E-state index is 13.9. The zero-order chi connectivity index (χ0) is 62.9. The molecule has 472 valence electrons. The molecule has 8 aromatic carbocycles. The minimum absolute atomic E-state index is 0.107. The summed E-state index contributed by atoms with van der Waals surface area (Å²) in [5, 5.41) is 55.4. The lowest BCUT2D eigenvalue weighted by atomic mass is 9.71. The molecule has 12 atom stereocenters. The Morgan fingerprint density at radius 3 is 0.696 bits per heavy atom. The van der Waals surface area contributed by atoms with Crippen molar-refractivity contribution in [3.63, 3.8) is 0 Å². The van der Waals surface area contributed by atoms with Gasteiger partial charge < -0.3 is 39.4 Å². The first-order valence-electron chi connectivity index (χ1n) is 35.0. The van der Waals surface area contributed by atoms with E-state index in [1.807, 2.05) is 0 Å². The van der Waals surface area contributed by atoms with Crippen molar-refractivity contribution < 1.29 is 39.4 Å². The highest BCUT2D eigenvalue weighted by molar-refractivity contribution is 5.70. The lowest BCUT2D eigenvalue weighted by Gasteiger charge is -2.39. The van der Waals surface area contributed by atoms with Gasteiger partial charge in [0, 0.05) is 114 Å². The summed E-state index contributed by atoms with van der Waals surface area (Å²) in [4.78, 5) is 0. The molecule has 4 aliphatic heterocycles. The van der Waals surface area contributed by atoms with Crippen molar-refractivity contribution in [1.29, 1.82) is 0 Å². The third-order valence-electron chi connectivity index (χ3n) is 23.4. The number of hydrogen-bond acceptors (Lipinski definition) is 8. The van der Waals surface area contributed by atoms with E-state index in [0.717, 1.165) is 115 Å². The molecule has 0 saturated carbocycles. The Morgan fingerprint density at radius 2 is 0.489 bits per heavy atom.